The number of nitrogens with zero attached hydrogens (tertiary/aromatic N) is 4. The average molecular weight is 365 g/mol. The van der Waals surface area contributed by atoms with Gasteiger partial charge in [-0.3, -0.25) is 4.98 Å². The molecule has 3 heterocycles. The van der Waals surface area contributed by atoms with Crippen molar-refractivity contribution in [2.24, 2.45) is 0 Å². The van der Waals surface area contributed by atoms with E-state index in [4.69, 9.17) is 4.42 Å². The number of nitrogens with one attached hydrogen (secondary N) is 1. The molecule has 1 fully saturated rings. The molecule has 7 nitrogen and oxygen atoms in total. The first-order valence-corrected chi connectivity index (χ1v) is 9.24. The van der Waals surface area contributed by atoms with Crippen LogP contribution in [-0.4, -0.2) is 47.1 Å². The number of anilines is 1. The lowest BCUT2D eigenvalue weighted by atomic mass is 10.3. The maximum atomic E-state index is 12.6. The van der Waals surface area contributed by atoms with Crippen molar-refractivity contribution in [3.63, 3.8) is 0 Å². The standard InChI is InChI=1S/C20H23N5O2/c1-15-13-16(7-8-21-15)24-9-4-10-25(12-11-24)20(26)22-14-19-23-17-5-2-3-6-18(17)27-19/h2-3,5-8,13H,4,9-12,14H2,1H3,(H,22,26). The molecule has 0 atom stereocenters. The lowest BCUT2D eigenvalue weighted by Crippen LogP contribution is -2.41. The van der Waals surface area contributed by atoms with Crippen LogP contribution in [0.1, 0.15) is 18.0 Å². The molecule has 0 saturated carbocycles. The molecule has 1 saturated heterocycles. The van der Waals surface area contributed by atoms with Crippen LogP contribution in [0.5, 0.6) is 0 Å². The molecule has 2 amide bonds. The lowest BCUT2D eigenvalue weighted by molar-refractivity contribution is 0.200. The van der Waals surface area contributed by atoms with Crippen LogP contribution in [0, 0.1) is 6.92 Å². The van der Waals surface area contributed by atoms with Gasteiger partial charge < -0.3 is 19.5 Å². The highest BCUT2D eigenvalue weighted by Gasteiger charge is 2.20. The van der Waals surface area contributed by atoms with E-state index in [0.717, 1.165) is 48.5 Å². The number of fused-ring (bicyclic) bond motifs is 1. The van der Waals surface area contributed by atoms with Gasteiger partial charge in [0, 0.05) is 43.8 Å². The van der Waals surface area contributed by atoms with Crippen molar-refractivity contribution >= 4 is 22.8 Å². The Kier molecular flexibility index (Phi) is 4.91. The summed E-state index contributed by atoms with van der Waals surface area (Å²) >= 11 is 0. The minimum atomic E-state index is -0.0787. The second-order valence-electron chi connectivity index (χ2n) is 6.72. The fourth-order valence-corrected chi connectivity index (χ4v) is 3.36. The van der Waals surface area contributed by atoms with E-state index in [1.165, 1.54) is 0 Å². The number of benzene rings is 1. The van der Waals surface area contributed by atoms with E-state index >= 15 is 0 Å². The predicted molar refractivity (Wildman–Crippen MR) is 104 cm³/mol. The van der Waals surface area contributed by atoms with E-state index in [1.54, 1.807) is 0 Å². The second-order valence-corrected chi connectivity index (χ2v) is 6.72. The van der Waals surface area contributed by atoms with Gasteiger partial charge in [-0.15, -0.1) is 0 Å². The number of urea groups is 1. The van der Waals surface area contributed by atoms with Gasteiger partial charge in [-0.05, 0) is 37.6 Å². The first-order chi connectivity index (χ1) is 13.2. The number of hydrogen-bond donors (Lipinski definition) is 1. The molecule has 0 aliphatic carbocycles. The molecule has 2 aromatic heterocycles. The zero-order valence-electron chi connectivity index (χ0n) is 15.4. The number of para-hydroxylation sites is 2. The number of oxazole rings is 1. The number of aromatic nitrogens is 2. The SMILES string of the molecule is Cc1cc(N2CCCN(C(=O)NCc3nc4ccccc4o3)CC2)ccn1. The fourth-order valence-electron chi connectivity index (χ4n) is 3.36. The fraction of sp³-hybridized carbons (Fsp3) is 0.350. The van der Waals surface area contributed by atoms with Gasteiger partial charge in [-0.25, -0.2) is 9.78 Å². The molecule has 140 valence electrons. The molecular weight excluding hydrogens is 342 g/mol. The van der Waals surface area contributed by atoms with E-state index in [0.29, 0.717) is 12.4 Å². The number of rotatable bonds is 3. The molecule has 27 heavy (non-hydrogen) atoms. The summed E-state index contributed by atoms with van der Waals surface area (Å²) in [6.07, 6.45) is 2.76. The Bertz CT molecular complexity index is 906. The minimum Gasteiger partial charge on any atom is -0.439 e. The van der Waals surface area contributed by atoms with Crippen molar-refractivity contribution in [2.45, 2.75) is 19.9 Å². The molecule has 1 aliphatic heterocycles. The van der Waals surface area contributed by atoms with Gasteiger partial charge in [0.25, 0.3) is 0 Å². The van der Waals surface area contributed by atoms with Crippen LogP contribution in [-0.2, 0) is 6.54 Å². The number of carbonyl (C=O) groups excluding carboxylic acids is 1. The highest BCUT2D eigenvalue weighted by molar-refractivity contribution is 5.75. The first kappa shape index (κ1) is 17.3. The van der Waals surface area contributed by atoms with Gasteiger partial charge in [-0.1, -0.05) is 12.1 Å². The normalized spacial score (nSPS) is 15.0. The summed E-state index contributed by atoms with van der Waals surface area (Å²) < 4.78 is 5.66. The average Bonchev–Trinajstić information content (AvgIpc) is 2.93. The summed E-state index contributed by atoms with van der Waals surface area (Å²) in [6, 6.07) is 11.6. The quantitative estimate of drug-likeness (QED) is 0.772. The Morgan fingerprint density at radius 3 is 2.93 bits per heavy atom. The van der Waals surface area contributed by atoms with Gasteiger partial charge >= 0.3 is 6.03 Å². The van der Waals surface area contributed by atoms with E-state index in [1.807, 2.05) is 48.4 Å². The highest BCUT2D eigenvalue weighted by Crippen LogP contribution is 2.17. The monoisotopic (exact) mass is 365 g/mol. The molecule has 0 bridgehead atoms. The van der Waals surface area contributed by atoms with Crippen molar-refractivity contribution in [1.29, 1.82) is 0 Å². The molecule has 0 spiro atoms. The largest absolute Gasteiger partial charge is 0.439 e. The topological polar surface area (TPSA) is 74.5 Å². The number of amides is 2. The Balaban J connectivity index is 1.34. The Morgan fingerprint density at radius 2 is 2.07 bits per heavy atom. The van der Waals surface area contributed by atoms with E-state index in [-0.39, 0.29) is 12.6 Å². The summed E-state index contributed by atoms with van der Waals surface area (Å²) in [7, 11) is 0. The number of pyridine rings is 1. The predicted octanol–water partition coefficient (Wildman–Crippen LogP) is 2.95. The zero-order valence-corrected chi connectivity index (χ0v) is 15.4. The Hall–Kier alpha value is -3.09. The Morgan fingerprint density at radius 1 is 1.19 bits per heavy atom. The lowest BCUT2D eigenvalue weighted by Gasteiger charge is -2.24. The third-order valence-corrected chi connectivity index (χ3v) is 4.76. The van der Waals surface area contributed by atoms with E-state index in [2.05, 4.69) is 26.3 Å². The van der Waals surface area contributed by atoms with Crippen LogP contribution >= 0.6 is 0 Å². The van der Waals surface area contributed by atoms with Crippen LogP contribution in [0.2, 0.25) is 0 Å². The number of hydrogen-bond acceptors (Lipinski definition) is 5. The Labute approximate surface area is 158 Å². The molecule has 0 radical (unpaired) electrons. The smallest absolute Gasteiger partial charge is 0.317 e. The van der Waals surface area contributed by atoms with Crippen molar-refractivity contribution in [3.8, 4) is 0 Å². The third-order valence-electron chi connectivity index (χ3n) is 4.76. The number of aryl methyl sites for hydroxylation is 1. The van der Waals surface area contributed by atoms with Gasteiger partial charge in [0.15, 0.2) is 5.58 Å². The van der Waals surface area contributed by atoms with Crippen molar-refractivity contribution < 1.29 is 9.21 Å². The summed E-state index contributed by atoms with van der Waals surface area (Å²) in [5.41, 5.74) is 3.71. The van der Waals surface area contributed by atoms with Crippen LogP contribution in [0.25, 0.3) is 11.1 Å². The van der Waals surface area contributed by atoms with Crippen LogP contribution in [0.4, 0.5) is 10.5 Å². The van der Waals surface area contributed by atoms with Gasteiger partial charge in [0.2, 0.25) is 5.89 Å². The first-order valence-electron chi connectivity index (χ1n) is 9.24. The summed E-state index contributed by atoms with van der Waals surface area (Å²) in [6.45, 7) is 5.43. The molecule has 1 N–H and O–H groups in total. The van der Waals surface area contributed by atoms with Gasteiger partial charge in [-0.2, -0.15) is 0 Å². The molecule has 7 heteroatoms. The van der Waals surface area contributed by atoms with Crippen LogP contribution in [0.3, 0.4) is 0 Å². The summed E-state index contributed by atoms with van der Waals surface area (Å²) in [5.74, 6) is 0.522. The molecule has 1 aliphatic rings. The molecule has 3 aromatic rings. The zero-order chi connectivity index (χ0) is 18.6. The highest BCUT2D eigenvalue weighted by atomic mass is 16.3. The molecule has 0 unspecified atom stereocenters. The van der Waals surface area contributed by atoms with E-state index in [9.17, 15) is 4.79 Å². The summed E-state index contributed by atoms with van der Waals surface area (Å²) in [5, 5.41) is 2.92. The molecular formula is C20H23N5O2. The third kappa shape index (κ3) is 4.02. The number of carbonyl (C=O) groups is 1. The summed E-state index contributed by atoms with van der Waals surface area (Å²) in [4.78, 5) is 25.4. The molecule has 1 aromatic carbocycles. The van der Waals surface area contributed by atoms with Crippen LogP contribution < -0.4 is 10.2 Å². The van der Waals surface area contributed by atoms with Crippen LogP contribution in [0.15, 0.2) is 47.0 Å². The van der Waals surface area contributed by atoms with E-state index < -0.39 is 0 Å². The van der Waals surface area contributed by atoms with Crippen molar-refractivity contribution in [3.05, 3.63) is 54.2 Å². The van der Waals surface area contributed by atoms with Crippen molar-refractivity contribution in [1.82, 2.24) is 20.2 Å². The maximum Gasteiger partial charge on any atom is 0.317 e. The second kappa shape index (κ2) is 7.65. The molecule has 4 rings (SSSR count). The van der Waals surface area contributed by atoms with Gasteiger partial charge in [0.1, 0.15) is 5.52 Å². The minimum absolute atomic E-state index is 0.0787. The maximum absolute atomic E-state index is 12.6. The van der Waals surface area contributed by atoms with Crippen molar-refractivity contribution in [2.75, 3.05) is 31.1 Å². The van der Waals surface area contributed by atoms with Gasteiger partial charge in [0.05, 0.1) is 6.54 Å².